The van der Waals surface area contributed by atoms with Gasteiger partial charge in [-0.05, 0) is 92.6 Å². The number of aromatic nitrogens is 1. The number of carbonyl (C=O) groups is 2. The number of aryl methyl sites for hydroxylation is 3. The van der Waals surface area contributed by atoms with Crippen LogP contribution in [0.25, 0.3) is 5.57 Å². The van der Waals surface area contributed by atoms with Gasteiger partial charge in [0.2, 0.25) is 0 Å². The van der Waals surface area contributed by atoms with Gasteiger partial charge in [0.05, 0.1) is 11.3 Å². The van der Waals surface area contributed by atoms with Gasteiger partial charge in [0, 0.05) is 25.5 Å². The van der Waals surface area contributed by atoms with Crippen LogP contribution in [-0.2, 0) is 16.0 Å². The molecule has 174 valence electrons. The third-order valence-corrected chi connectivity index (χ3v) is 6.79. The van der Waals surface area contributed by atoms with Gasteiger partial charge in [0.1, 0.15) is 5.70 Å². The van der Waals surface area contributed by atoms with Crippen molar-refractivity contribution < 1.29 is 9.59 Å². The maximum Gasteiger partial charge on any atom is 0.282 e. The van der Waals surface area contributed by atoms with Gasteiger partial charge in [0.25, 0.3) is 11.8 Å². The van der Waals surface area contributed by atoms with Gasteiger partial charge in [-0.25, -0.2) is 4.90 Å². The van der Waals surface area contributed by atoms with Crippen molar-refractivity contribution >= 4 is 23.1 Å². The molecule has 4 rings (SSSR count). The van der Waals surface area contributed by atoms with Crippen molar-refractivity contribution in [2.75, 3.05) is 18.0 Å². The van der Waals surface area contributed by atoms with Crippen LogP contribution in [0.5, 0.6) is 0 Å². The van der Waals surface area contributed by atoms with Crippen LogP contribution in [-0.4, -0.2) is 34.8 Å². The lowest BCUT2D eigenvalue weighted by atomic mass is 9.99. The number of hydrogen-bond acceptors (Lipinski definition) is 4. The molecule has 0 fully saturated rings. The number of nitrogens with zero attached hydrogens (tertiary/aromatic N) is 3. The Morgan fingerprint density at radius 3 is 2.26 bits per heavy atom. The van der Waals surface area contributed by atoms with Crippen LogP contribution in [0, 0.1) is 27.7 Å². The van der Waals surface area contributed by atoms with Crippen molar-refractivity contribution in [1.82, 2.24) is 9.88 Å². The first-order chi connectivity index (χ1) is 16.3. The zero-order chi connectivity index (χ0) is 24.4. The molecular formula is C29H31N3O2. The summed E-state index contributed by atoms with van der Waals surface area (Å²) in [5.41, 5.74) is 7.76. The number of imide groups is 1. The molecule has 0 saturated heterocycles. The Balaban J connectivity index is 1.82. The number of rotatable bonds is 7. The highest BCUT2D eigenvalue weighted by molar-refractivity contribution is 6.45. The van der Waals surface area contributed by atoms with Gasteiger partial charge in [-0.3, -0.25) is 14.6 Å². The Labute approximate surface area is 201 Å². The highest BCUT2D eigenvalue weighted by Crippen LogP contribution is 2.37. The fourth-order valence-corrected chi connectivity index (χ4v) is 4.41. The average molecular weight is 454 g/mol. The van der Waals surface area contributed by atoms with E-state index in [0.717, 1.165) is 39.8 Å². The molecule has 0 saturated carbocycles. The number of amides is 2. The monoisotopic (exact) mass is 453 g/mol. The first kappa shape index (κ1) is 23.4. The van der Waals surface area contributed by atoms with Gasteiger partial charge < -0.3 is 4.90 Å². The van der Waals surface area contributed by atoms with E-state index in [9.17, 15) is 9.59 Å². The topological polar surface area (TPSA) is 53.5 Å². The van der Waals surface area contributed by atoms with Crippen LogP contribution in [0.15, 0.2) is 66.6 Å². The molecule has 0 unspecified atom stereocenters. The third-order valence-electron chi connectivity index (χ3n) is 6.79. The molecule has 1 aliphatic heterocycles. The first-order valence-electron chi connectivity index (χ1n) is 11.7. The molecule has 0 spiro atoms. The predicted octanol–water partition coefficient (Wildman–Crippen LogP) is 5.16. The number of anilines is 1. The zero-order valence-electron chi connectivity index (χ0n) is 20.6. The van der Waals surface area contributed by atoms with Crippen molar-refractivity contribution in [2.24, 2.45) is 0 Å². The van der Waals surface area contributed by atoms with E-state index in [1.54, 1.807) is 12.4 Å². The van der Waals surface area contributed by atoms with Crippen LogP contribution in [0.1, 0.15) is 40.3 Å². The molecule has 2 amide bonds. The smallest absolute Gasteiger partial charge is 0.282 e. The molecule has 0 aliphatic carbocycles. The lowest BCUT2D eigenvalue weighted by Gasteiger charge is -2.25. The van der Waals surface area contributed by atoms with Gasteiger partial charge in [-0.2, -0.15) is 0 Å². The second-order valence-corrected chi connectivity index (χ2v) is 8.87. The summed E-state index contributed by atoms with van der Waals surface area (Å²) in [4.78, 5) is 35.3. The quantitative estimate of drug-likeness (QED) is 0.464. The molecule has 1 aromatic heterocycles. The highest BCUT2D eigenvalue weighted by Gasteiger charge is 2.42. The molecule has 2 heterocycles. The van der Waals surface area contributed by atoms with Crippen LogP contribution in [0.2, 0.25) is 0 Å². The fraction of sp³-hybridized carbons (Fsp3) is 0.276. The maximum atomic E-state index is 13.9. The molecule has 0 bridgehead atoms. The lowest BCUT2D eigenvalue weighted by molar-refractivity contribution is -0.120. The van der Waals surface area contributed by atoms with Crippen molar-refractivity contribution in [3.05, 3.63) is 100 Å². The minimum atomic E-state index is -0.265. The SMILES string of the molecule is CCN(CCc1ccncc1)C1=C(c2ccc(C)c(C)c2)C(=O)N(c2cccc(C)c2C)C1=O. The van der Waals surface area contributed by atoms with E-state index < -0.39 is 0 Å². The normalized spacial score (nSPS) is 13.7. The highest BCUT2D eigenvalue weighted by atomic mass is 16.2. The van der Waals surface area contributed by atoms with E-state index in [2.05, 4.69) is 4.98 Å². The van der Waals surface area contributed by atoms with Crippen molar-refractivity contribution in [3.8, 4) is 0 Å². The van der Waals surface area contributed by atoms with E-state index >= 15 is 0 Å². The van der Waals surface area contributed by atoms with E-state index in [1.807, 2.05) is 88.0 Å². The second-order valence-electron chi connectivity index (χ2n) is 8.87. The Morgan fingerprint density at radius 1 is 0.853 bits per heavy atom. The van der Waals surface area contributed by atoms with Crippen LogP contribution >= 0.6 is 0 Å². The van der Waals surface area contributed by atoms with E-state index in [4.69, 9.17) is 0 Å². The van der Waals surface area contributed by atoms with Crippen molar-refractivity contribution in [1.29, 1.82) is 0 Å². The Bertz CT molecular complexity index is 1280. The first-order valence-corrected chi connectivity index (χ1v) is 11.7. The molecule has 34 heavy (non-hydrogen) atoms. The third kappa shape index (κ3) is 4.26. The predicted molar refractivity (Wildman–Crippen MR) is 136 cm³/mol. The van der Waals surface area contributed by atoms with E-state index in [0.29, 0.717) is 30.0 Å². The summed E-state index contributed by atoms with van der Waals surface area (Å²) in [5.74, 6) is -0.525. The molecule has 0 radical (unpaired) electrons. The molecular weight excluding hydrogens is 422 g/mol. The van der Waals surface area contributed by atoms with Crippen LogP contribution in [0.3, 0.4) is 0 Å². The molecule has 0 N–H and O–H groups in total. The van der Waals surface area contributed by atoms with Gasteiger partial charge >= 0.3 is 0 Å². The summed E-state index contributed by atoms with van der Waals surface area (Å²) in [6.45, 7) is 11.3. The summed E-state index contributed by atoms with van der Waals surface area (Å²) in [6.07, 6.45) is 4.31. The summed E-state index contributed by atoms with van der Waals surface area (Å²) in [6, 6.07) is 15.7. The van der Waals surface area contributed by atoms with Crippen LogP contribution in [0.4, 0.5) is 5.69 Å². The molecule has 3 aromatic rings. The Hall–Kier alpha value is -3.73. The van der Waals surface area contributed by atoms with Crippen molar-refractivity contribution in [3.63, 3.8) is 0 Å². The molecule has 0 atom stereocenters. The Morgan fingerprint density at radius 2 is 1.59 bits per heavy atom. The van der Waals surface area contributed by atoms with E-state index in [-0.39, 0.29) is 11.8 Å². The number of carbonyl (C=O) groups excluding carboxylic acids is 2. The standard InChI is InChI=1S/C29H31N3O2/c1-6-31(17-14-23-12-15-30-16-13-23)27-26(24-11-10-19(2)21(4)18-24)28(33)32(29(27)34)25-9-7-8-20(3)22(25)5/h7-13,15-16,18H,6,14,17H2,1-5H3. The Kier molecular flexibility index (Phi) is 6.64. The summed E-state index contributed by atoms with van der Waals surface area (Å²) in [7, 11) is 0. The van der Waals surface area contributed by atoms with Gasteiger partial charge in [-0.15, -0.1) is 0 Å². The minimum absolute atomic E-state index is 0.261. The number of pyridine rings is 1. The minimum Gasteiger partial charge on any atom is -0.366 e. The van der Waals surface area contributed by atoms with Crippen molar-refractivity contribution in [2.45, 2.75) is 41.0 Å². The number of benzene rings is 2. The second kappa shape index (κ2) is 9.64. The average Bonchev–Trinajstić information content (AvgIpc) is 3.09. The zero-order valence-corrected chi connectivity index (χ0v) is 20.6. The maximum absolute atomic E-state index is 13.9. The number of hydrogen-bond donors (Lipinski definition) is 0. The molecule has 5 nitrogen and oxygen atoms in total. The molecule has 5 heteroatoms. The van der Waals surface area contributed by atoms with Crippen LogP contribution < -0.4 is 4.90 Å². The lowest BCUT2D eigenvalue weighted by Crippen LogP contribution is -2.36. The summed E-state index contributed by atoms with van der Waals surface area (Å²) < 4.78 is 0. The molecule has 1 aliphatic rings. The largest absolute Gasteiger partial charge is 0.366 e. The summed E-state index contributed by atoms with van der Waals surface area (Å²) in [5, 5.41) is 0. The van der Waals surface area contributed by atoms with Gasteiger partial charge in [-0.1, -0.05) is 30.3 Å². The fourth-order valence-electron chi connectivity index (χ4n) is 4.41. The number of likely N-dealkylation sites (N-methyl/N-ethyl adjacent to an activating group) is 1. The molecule has 2 aromatic carbocycles. The van der Waals surface area contributed by atoms with E-state index in [1.165, 1.54) is 4.90 Å². The van der Waals surface area contributed by atoms with Gasteiger partial charge in [0.15, 0.2) is 0 Å². The summed E-state index contributed by atoms with van der Waals surface area (Å²) >= 11 is 0.